The van der Waals surface area contributed by atoms with E-state index >= 15 is 0 Å². The Bertz CT molecular complexity index is 377. The molecule has 0 spiro atoms. The van der Waals surface area contributed by atoms with Gasteiger partial charge in [-0.25, -0.2) is 4.79 Å². The molecule has 1 fully saturated rings. The van der Waals surface area contributed by atoms with Crippen molar-refractivity contribution in [1.82, 2.24) is 10.0 Å². The largest absolute Gasteiger partial charge is 0.598 e. The van der Waals surface area contributed by atoms with Gasteiger partial charge in [-0.05, 0) is 46.5 Å². The van der Waals surface area contributed by atoms with E-state index < -0.39 is 40.0 Å². The summed E-state index contributed by atoms with van der Waals surface area (Å²) in [5.74, 6) is 0. The topological polar surface area (TPSA) is 84.4 Å². The van der Waals surface area contributed by atoms with E-state index in [-0.39, 0.29) is 25.7 Å². The normalized spacial score (nSPS) is 29.0. The monoisotopic (exact) mass is 330 g/mol. The average Bonchev–Trinajstić information content (AvgIpc) is 2.28. The Hall–Kier alpha value is -0.670. The smallest absolute Gasteiger partial charge is 0.410 e. The minimum absolute atomic E-state index is 0.0557. The third-order valence-corrected chi connectivity index (χ3v) is 5.24. The highest BCUT2D eigenvalue weighted by atomic mass is 32.2. The van der Waals surface area contributed by atoms with Crippen LogP contribution in [0.25, 0.3) is 0 Å². The van der Waals surface area contributed by atoms with Crippen LogP contribution in [0.2, 0.25) is 0 Å². The van der Waals surface area contributed by atoms with Crippen LogP contribution in [0, 0.1) is 0 Å². The highest BCUT2D eigenvalue weighted by Gasteiger charge is 2.59. The summed E-state index contributed by atoms with van der Waals surface area (Å²) in [5.41, 5.74) is -2.22. The zero-order valence-corrected chi connectivity index (χ0v) is 13.0. The Morgan fingerprint density at radius 1 is 1.29 bits per heavy atom. The number of rotatable bonds is 3. The lowest BCUT2D eigenvalue weighted by molar-refractivity contribution is -0.200. The fourth-order valence-electron chi connectivity index (χ4n) is 2.20. The summed E-state index contributed by atoms with van der Waals surface area (Å²) in [6, 6.07) is -0.497. The second-order valence-corrected chi connectivity index (χ2v) is 8.25. The molecule has 1 atom stereocenters. The van der Waals surface area contributed by atoms with E-state index in [1.165, 1.54) is 0 Å². The van der Waals surface area contributed by atoms with Crippen LogP contribution in [0.1, 0.15) is 46.5 Å². The standard InChI is InChI=1S/C12H21F3N2O3S/c1-10(2,3)21(20)17-11(12(13,14)15)6-4-8(5-7-11)16-9(18)19/h8,16-17H,4-7H2,1-3H3,(H,18,19). The second-order valence-electron chi connectivity index (χ2n) is 6.29. The second kappa shape index (κ2) is 6.21. The number of carboxylic acid groups (broad SMARTS) is 1. The van der Waals surface area contributed by atoms with Crippen LogP contribution in [0.5, 0.6) is 0 Å². The first-order valence-corrected chi connectivity index (χ1v) is 7.78. The summed E-state index contributed by atoms with van der Waals surface area (Å²) < 4.78 is 53.7. The first-order chi connectivity index (χ1) is 9.37. The quantitative estimate of drug-likeness (QED) is 0.694. The van der Waals surface area contributed by atoms with Crippen LogP contribution in [-0.2, 0) is 11.4 Å². The lowest BCUT2D eigenvalue weighted by atomic mass is 9.79. The molecule has 1 aliphatic rings. The van der Waals surface area contributed by atoms with Crippen LogP contribution >= 0.6 is 0 Å². The van der Waals surface area contributed by atoms with E-state index in [0.717, 1.165) is 0 Å². The molecule has 0 heterocycles. The molecule has 0 bridgehead atoms. The van der Waals surface area contributed by atoms with E-state index in [2.05, 4.69) is 10.0 Å². The van der Waals surface area contributed by atoms with Gasteiger partial charge in [-0.2, -0.15) is 13.2 Å². The van der Waals surface area contributed by atoms with Gasteiger partial charge in [-0.3, -0.25) is 0 Å². The molecule has 5 nitrogen and oxygen atoms in total. The van der Waals surface area contributed by atoms with E-state index in [9.17, 15) is 22.5 Å². The first-order valence-electron chi connectivity index (χ1n) is 6.63. The molecule has 3 N–H and O–H groups in total. The summed E-state index contributed by atoms with van der Waals surface area (Å²) in [4.78, 5) is 10.5. The van der Waals surface area contributed by atoms with Crippen molar-refractivity contribution in [3.05, 3.63) is 0 Å². The van der Waals surface area contributed by atoms with Gasteiger partial charge in [0.2, 0.25) is 0 Å². The molecule has 0 aromatic heterocycles. The third kappa shape index (κ3) is 4.65. The number of alkyl halides is 3. The molecule has 0 aliphatic heterocycles. The molecule has 1 aliphatic carbocycles. The Kier molecular flexibility index (Phi) is 5.44. The van der Waals surface area contributed by atoms with Crippen LogP contribution in [0.3, 0.4) is 0 Å². The van der Waals surface area contributed by atoms with Crippen molar-refractivity contribution in [3.63, 3.8) is 0 Å². The maximum Gasteiger partial charge on any atom is 0.410 e. The van der Waals surface area contributed by atoms with E-state index in [1.807, 2.05) is 0 Å². The maximum absolute atomic E-state index is 13.4. The SMILES string of the molecule is CC(C)(C)[S+]([O-])NC1(C(F)(F)F)CCC(NC(=O)O)CC1. The first kappa shape index (κ1) is 18.4. The van der Waals surface area contributed by atoms with Crippen molar-refractivity contribution in [2.45, 2.75) is 69.0 Å². The van der Waals surface area contributed by atoms with Crippen LogP contribution in [0.4, 0.5) is 18.0 Å². The Labute approximate surface area is 125 Å². The minimum Gasteiger partial charge on any atom is -0.598 e. The van der Waals surface area contributed by atoms with Gasteiger partial charge in [0.15, 0.2) is 5.54 Å². The molecule has 0 aromatic rings. The van der Waals surface area contributed by atoms with Gasteiger partial charge in [-0.15, -0.1) is 4.72 Å². The summed E-state index contributed by atoms with van der Waals surface area (Å²) in [5, 5.41) is 10.8. The van der Waals surface area contributed by atoms with Crippen LogP contribution in [-0.4, -0.2) is 38.3 Å². The fourth-order valence-corrected chi connectivity index (χ4v) is 3.18. The molecular formula is C12H21F3N2O3S. The van der Waals surface area contributed by atoms with Crippen molar-refractivity contribution in [2.75, 3.05) is 0 Å². The van der Waals surface area contributed by atoms with Crippen molar-refractivity contribution in [3.8, 4) is 0 Å². The summed E-state index contributed by atoms with van der Waals surface area (Å²) in [6.07, 6.45) is -6.28. The van der Waals surface area contributed by atoms with Gasteiger partial charge < -0.3 is 15.0 Å². The predicted molar refractivity (Wildman–Crippen MR) is 73.2 cm³/mol. The lowest BCUT2D eigenvalue weighted by Crippen LogP contribution is -2.63. The fraction of sp³-hybridized carbons (Fsp3) is 0.917. The lowest BCUT2D eigenvalue weighted by Gasteiger charge is -2.42. The van der Waals surface area contributed by atoms with E-state index in [1.54, 1.807) is 20.8 Å². The van der Waals surface area contributed by atoms with E-state index in [4.69, 9.17) is 5.11 Å². The molecular weight excluding hydrogens is 309 g/mol. The molecule has 9 heteroatoms. The molecule has 1 rings (SSSR count). The Balaban J connectivity index is 2.83. The van der Waals surface area contributed by atoms with Gasteiger partial charge in [0, 0.05) is 17.4 Å². The number of halogens is 3. The van der Waals surface area contributed by atoms with Gasteiger partial charge in [0.1, 0.15) is 4.75 Å². The Morgan fingerprint density at radius 3 is 2.10 bits per heavy atom. The molecule has 0 saturated heterocycles. The number of nitrogens with one attached hydrogen (secondary N) is 2. The number of amides is 1. The maximum atomic E-state index is 13.4. The number of carbonyl (C=O) groups is 1. The van der Waals surface area contributed by atoms with Gasteiger partial charge in [-0.1, -0.05) is 0 Å². The Morgan fingerprint density at radius 2 is 1.76 bits per heavy atom. The van der Waals surface area contributed by atoms with Crippen molar-refractivity contribution in [1.29, 1.82) is 0 Å². The summed E-state index contributed by atoms with van der Waals surface area (Å²) in [6.45, 7) is 4.79. The molecule has 0 aromatic carbocycles. The highest BCUT2D eigenvalue weighted by Crippen LogP contribution is 2.42. The number of hydrogen-bond acceptors (Lipinski definition) is 3. The van der Waals surface area contributed by atoms with Crippen molar-refractivity contribution >= 4 is 17.5 Å². The van der Waals surface area contributed by atoms with Crippen molar-refractivity contribution in [2.24, 2.45) is 0 Å². The van der Waals surface area contributed by atoms with Gasteiger partial charge in [0.25, 0.3) is 0 Å². The highest BCUT2D eigenvalue weighted by molar-refractivity contribution is 7.90. The molecule has 1 saturated carbocycles. The van der Waals surface area contributed by atoms with Gasteiger partial charge in [0.05, 0.1) is 0 Å². The molecule has 124 valence electrons. The zero-order chi connectivity index (χ0) is 16.5. The average molecular weight is 330 g/mol. The van der Waals surface area contributed by atoms with Crippen LogP contribution in [0.15, 0.2) is 0 Å². The molecule has 21 heavy (non-hydrogen) atoms. The zero-order valence-electron chi connectivity index (χ0n) is 12.2. The molecule has 1 unspecified atom stereocenters. The molecule has 0 radical (unpaired) electrons. The molecule has 1 amide bonds. The third-order valence-electron chi connectivity index (χ3n) is 3.55. The number of hydrogen-bond donors (Lipinski definition) is 3. The van der Waals surface area contributed by atoms with Crippen molar-refractivity contribution < 1.29 is 27.6 Å². The van der Waals surface area contributed by atoms with Crippen LogP contribution < -0.4 is 10.0 Å². The minimum atomic E-state index is -4.54. The van der Waals surface area contributed by atoms with Gasteiger partial charge >= 0.3 is 12.3 Å². The predicted octanol–water partition coefficient (Wildman–Crippen LogP) is 2.55. The summed E-state index contributed by atoms with van der Waals surface area (Å²) >= 11 is -1.85. The summed E-state index contributed by atoms with van der Waals surface area (Å²) in [7, 11) is 0. The van der Waals surface area contributed by atoms with E-state index in [0.29, 0.717) is 0 Å².